The Morgan fingerprint density at radius 2 is 2.25 bits per heavy atom. The summed E-state index contributed by atoms with van der Waals surface area (Å²) in [5.74, 6) is 2.70. The van der Waals surface area contributed by atoms with Crippen LogP contribution in [-0.2, 0) is 11.2 Å². The normalized spacial score (nSPS) is 18.1. The molecule has 0 spiro atoms. The van der Waals surface area contributed by atoms with Gasteiger partial charge >= 0.3 is 0 Å². The van der Waals surface area contributed by atoms with Crippen LogP contribution in [-0.4, -0.2) is 41.6 Å². The predicted octanol–water partition coefficient (Wildman–Crippen LogP) is 1.19. The first-order valence-electron chi connectivity index (χ1n) is 7.26. The molecule has 1 amide bonds. The van der Waals surface area contributed by atoms with Gasteiger partial charge in [-0.25, -0.2) is 9.97 Å². The molecule has 1 atom stereocenters. The Hall–Kier alpha value is -1.85. The van der Waals surface area contributed by atoms with Crippen LogP contribution in [0.2, 0.25) is 0 Å². The molecule has 1 unspecified atom stereocenters. The SMILES string of the molecule is CCNc1cc(N2CCC(NC(C)=O)C2)nc(CC)n1. The fourth-order valence-corrected chi connectivity index (χ4v) is 2.45. The van der Waals surface area contributed by atoms with E-state index in [0.717, 1.165) is 49.9 Å². The summed E-state index contributed by atoms with van der Waals surface area (Å²) in [4.78, 5) is 22.4. The monoisotopic (exact) mass is 277 g/mol. The second-order valence-corrected chi connectivity index (χ2v) is 5.04. The van der Waals surface area contributed by atoms with Gasteiger partial charge in [-0.05, 0) is 13.3 Å². The van der Waals surface area contributed by atoms with Gasteiger partial charge in [0.25, 0.3) is 0 Å². The minimum Gasteiger partial charge on any atom is -0.370 e. The van der Waals surface area contributed by atoms with Crippen molar-refractivity contribution in [1.29, 1.82) is 0 Å². The number of nitrogens with one attached hydrogen (secondary N) is 2. The highest BCUT2D eigenvalue weighted by Gasteiger charge is 2.24. The third-order valence-corrected chi connectivity index (χ3v) is 3.35. The second kappa shape index (κ2) is 6.54. The first kappa shape index (κ1) is 14.6. The third-order valence-electron chi connectivity index (χ3n) is 3.35. The topological polar surface area (TPSA) is 70.2 Å². The zero-order chi connectivity index (χ0) is 14.5. The van der Waals surface area contributed by atoms with E-state index in [1.807, 2.05) is 6.07 Å². The molecule has 20 heavy (non-hydrogen) atoms. The van der Waals surface area contributed by atoms with Crippen molar-refractivity contribution in [1.82, 2.24) is 15.3 Å². The van der Waals surface area contributed by atoms with Crippen molar-refractivity contribution in [2.45, 2.75) is 39.7 Å². The summed E-state index contributed by atoms with van der Waals surface area (Å²) >= 11 is 0. The van der Waals surface area contributed by atoms with Crippen molar-refractivity contribution in [2.24, 2.45) is 0 Å². The molecule has 110 valence electrons. The van der Waals surface area contributed by atoms with E-state index in [2.05, 4.69) is 39.3 Å². The van der Waals surface area contributed by atoms with Crippen molar-refractivity contribution >= 4 is 17.5 Å². The summed E-state index contributed by atoms with van der Waals surface area (Å²) in [5, 5.41) is 6.21. The van der Waals surface area contributed by atoms with Crippen LogP contribution in [0.5, 0.6) is 0 Å². The van der Waals surface area contributed by atoms with E-state index >= 15 is 0 Å². The maximum Gasteiger partial charge on any atom is 0.217 e. The molecule has 1 saturated heterocycles. The summed E-state index contributed by atoms with van der Waals surface area (Å²) in [5.41, 5.74) is 0. The number of hydrogen-bond acceptors (Lipinski definition) is 5. The lowest BCUT2D eigenvalue weighted by Crippen LogP contribution is -2.35. The second-order valence-electron chi connectivity index (χ2n) is 5.04. The quantitative estimate of drug-likeness (QED) is 0.846. The van der Waals surface area contributed by atoms with E-state index in [9.17, 15) is 4.79 Å². The number of amides is 1. The highest BCUT2D eigenvalue weighted by molar-refractivity contribution is 5.73. The summed E-state index contributed by atoms with van der Waals surface area (Å²) in [7, 11) is 0. The Morgan fingerprint density at radius 1 is 1.45 bits per heavy atom. The Labute approximate surface area is 120 Å². The molecule has 2 N–H and O–H groups in total. The van der Waals surface area contributed by atoms with E-state index in [1.165, 1.54) is 0 Å². The summed E-state index contributed by atoms with van der Waals surface area (Å²) in [6.45, 7) is 8.23. The number of hydrogen-bond donors (Lipinski definition) is 2. The molecular weight excluding hydrogens is 254 g/mol. The molecule has 0 saturated carbocycles. The van der Waals surface area contributed by atoms with E-state index in [0.29, 0.717) is 0 Å². The number of nitrogens with zero attached hydrogens (tertiary/aromatic N) is 3. The van der Waals surface area contributed by atoms with E-state index in [1.54, 1.807) is 6.92 Å². The first-order valence-corrected chi connectivity index (χ1v) is 7.26. The maximum atomic E-state index is 11.1. The predicted molar refractivity (Wildman–Crippen MR) is 80.0 cm³/mol. The summed E-state index contributed by atoms with van der Waals surface area (Å²) in [6, 6.07) is 2.20. The highest BCUT2D eigenvalue weighted by atomic mass is 16.1. The molecule has 6 heteroatoms. The van der Waals surface area contributed by atoms with Crippen molar-refractivity contribution in [3.63, 3.8) is 0 Å². The molecule has 0 radical (unpaired) electrons. The molecule has 0 bridgehead atoms. The van der Waals surface area contributed by atoms with Gasteiger partial charge in [0, 0.05) is 45.1 Å². The Kier molecular flexibility index (Phi) is 4.76. The van der Waals surface area contributed by atoms with Gasteiger partial charge in [0.05, 0.1) is 0 Å². The maximum absolute atomic E-state index is 11.1. The molecule has 2 rings (SSSR count). The van der Waals surface area contributed by atoms with Crippen LogP contribution in [0, 0.1) is 0 Å². The number of aryl methyl sites for hydroxylation is 1. The molecule has 2 heterocycles. The van der Waals surface area contributed by atoms with Crippen molar-refractivity contribution in [2.75, 3.05) is 29.9 Å². The molecule has 1 fully saturated rings. The fourth-order valence-electron chi connectivity index (χ4n) is 2.45. The molecule has 1 aliphatic rings. The van der Waals surface area contributed by atoms with Crippen molar-refractivity contribution in [3.05, 3.63) is 11.9 Å². The number of aromatic nitrogens is 2. The number of carbonyl (C=O) groups excluding carboxylic acids is 1. The van der Waals surface area contributed by atoms with Gasteiger partial charge in [-0.2, -0.15) is 0 Å². The van der Waals surface area contributed by atoms with E-state index < -0.39 is 0 Å². The highest BCUT2D eigenvalue weighted by Crippen LogP contribution is 2.21. The van der Waals surface area contributed by atoms with Gasteiger partial charge < -0.3 is 15.5 Å². The van der Waals surface area contributed by atoms with E-state index in [-0.39, 0.29) is 11.9 Å². The van der Waals surface area contributed by atoms with Crippen LogP contribution in [0.4, 0.5) is 11.6 Å². The van der Waals surface area contributed by atoms with Crippen LogP contribution in [0.3, 0.4) is 0 Å². The Balaban J connectivity index is 2.12. The lowest BCUT2D eigenvalue weighted by atomic mass is 10.2. The number of rotatable bonds is 5. The largest absolute Gasteiger partial charge is 0.370 e. The molecule has 6 nitrogen and oxygen atoms in total. The first-order chi connectivity index (χ1) is 9.62. The average Bonchev–Trinajstić information content (AvgIpc) is 2.86. The zero-order valence-electron chi connectivity index (χ0n) is 12.4. The van der Waals surface area contributed by atoms with Gasteiger partial charge in [-0.3, -0.25) is 4.79 Å². The van der Waals surface area contributed by atoms with Crippen LogP contribution in [0.15, 0.2) is 6.07 Å². The molecule has 1 aliphatic heterocycles. The van der Waals surface area contributed by atoms with Crippen LogP contribution in [0.25, 0.3) is 0 Å². The molecule has 0 aromatic carbocycles. The molecular formula is C14H23N5O. The Bertz CT molecular complexity index is 477. The third kappa shape index (κ3) is 3.59. The van der Waals surface area contributed by atoms with Crippen molar-refractivity contribution in [3.8, 4) is 0 Å². The minimum atomic E-state index is 0.0297. The number of anilines is 2. The zero-order valence-corrected chi connectivity index (χ0v) is 12.4. The van der Waals surface area contributed by atoms with Crippen molar-refractivity contribution < 1.29 is 4.79 Å². The van der Waals surface area contributed by atoms with Gasteiger partial charge in [-0.15, -0.1) is 0 Å². The summed E-state index contributed by atoms with van der Waals surface area (Å²) < 4.78 is 0. The lowest BCUT2D eigenvalue weighted by molar-refractivity contribution is -0.119. The lowest BCUT2D eigenvalue weighted by Gasteiger charge is -2.19. The summed E-state index contributed by atoms with van der Waals surface area (Å²) in [6.07, 6.45) is 1.77. The van der Waals surface area contributed by atoms with Crippen LogP contribution < -0.4 is 15.5 Å². The van der Waals surface area contributed by atoms with Gasteiger partial charge in [0.15, 0.2) is 0 Å². The standard InChI is InChI=1S/C14H23N5O/c1-4-12-17-13(15-5-2)8-14(18-12)19-7-6-11(9-19)16-10(3)20/h8,11H,4-7,9H2,1-3H3,(H,16,20)(H,15,17,18). The van der Waals surface area contributed by atoms with Crippen LogP contribution >= 0.6 is 0 Å². The van der Waals surface area contributed by atoms with Gasteiger partial charge in [-0.1, -0.05) is 6.92 Å². The van der Waals surface area contributed by atoms with Gasteiger partial charge in [0.1, 0.15) is 17.5 Å². The fraction of sp³-hybridized carbons (Fsp3) is 0.643. The Morgan fingerprint density at radius 3 is 2.90 bits per heavy atom. The van der Waals surface area contributed by atoms with Crippen LogP contribution in [0.1, 0.15) is 33.0 Å². The molecule has 1 aromatic heterocycles. The average molecular weight is 277 g/mol. The smallest absolute Gasteiger partial charge is 0.217 e. The number of carbonyl (C=O) groups is 1. The minimum absolute atomic E-state index is 0.0297. The van der Waals surface area contributed by atoms with E-state index in [4.69, 9.17) is 0 Å². The molecule has 1 aromatic rings. The van der Waals surface area contributed by atoms with Gasteiger partial charge in [0.2, 0.25) is 5.91 Å². The molecule has 0 aliphatic carbocycles.